The molecule has 2 heterocycles. The van der Waals surface area contributed by atoms with Gasteiger partial charge in [-0.05, 0) is 62.9 Å². The predicted octanol–water partition coefficient (Wildman–Crippen LogP) is 3.95. The topological polar surface area (TPSA) is 34.4 Å². The summed E-state index contributed by atoms with van der Waals surface area (Å²) in [6.07, 6.45) is 3.43. The third kappa shape index (κ3) is 2.52. The van der Waals surface area contributed by atoms with Gasteiger partial charge in [0.1, 0.15) is 5.76 Å². The van der Waals surface area contributed by atoms with Crippen LogP contribution in [-0.2, 0) is 6.42 Å². The SMILES string of the molecule is COc1cc(CC2CCNCC2)c(Cl)c2cc(C)oc12. The molecule has 1 aliphatic heterocycles. The molecular weight excluding hydrogens is 274 g/mol. The Bertz CT molecular complexity index is 614. The Balaban J connectivity index is 1.99. The van der Waals surface area contributed by atoms with Crippen LogP contribution in [-0.4, -0.2) is 20.2 Å². The average molecular weight is 294 g/mol. The number of halogens is 1. The second kappa shape index (κ2) is 5.66. The van der Waals surface area contributed by atoms with Gasteiger partial charge in [-0.1, -0.05) is 11.6 Å². The minimum Gasteiger partial charge on any atom is -0.493 e. The van der Waals surface area contributed by atoms with Gasteiger partial charge in [0.25, 0.3) is 0 Å². The van der Waals surface area contributed by atoms with Gasteiger partial charge in [-0.2, -0.15) is 0 Å². The van der Waals surface area contributed by atoms with Crippen LogP contribution in [0.5, 0.6) is 5.75 Å². The highest BCUT2D eigenvalue weighted by molar-refractivity contribution is 6.36. The second-order valence-corrected chi connectivity index (χ2v) is 5.93. The van der Waals surface area contributed by atoms with Gasteiger partial charge in [0.2, 0.25) is 0 Å². The normalized spacial score (nSPS) is 16.8. The van der Waals surface area contributed by atoms with Crippen LogP contribution in [0, 0.1) is 12.8 Å². The Morgan fingerprint density at radius 1 is 1.35 bits per heavy atom. The van der Waals surface area contributed by atoms with E-state index in [1.807, 2.05) is 19.1 Å². The average Bonchev–Trinajstić information content (AvgIpc) is 2.85. The van der Waals surface area contributed by atoms with Gasteiger partial charge in [-0.15, -0.1) is 0 Å². The van der Waals surface area contributed by atoms with Crippen LogP contribution in [0.4, 0.5) is 0 Å². The number of hydrogen-bond acceptors (Lipinski definition) is 3. The molecule has 3 rings (SSSR count). The van der Waals surface area contributed by atoms with Crippen molar-refractivity contribution in [2.75, 3.05) is 20.2 Å². The Labute approximate surface area is 124 Å². The summed E-state index contributed by atoms with van der Waals surface area (Å²) in [7, 11) is 1.68. The van der Waals surface area contributed by atoms with Crippen molar-refractivity contribution in [1.82, 2.24) is 5.32 Å². The number of hydrogen-bond donors (Lipinski definition) is 1. The molecule has 4 heteroatoms. The molecule has 1 aliphatic rings. The third-order valence-electron chi connectivity index (χ3n) is 4.09. The minimum absolute atomic E-state index is 0.698. The number of fused-ring (bicyclic) bond motifs is 1. The number of aryl methyl sites for hydroxylation is 1. The first-order chi connectivity index (χ1) is 9.69. The largest absolute Gasteiger partial charge is 0.493 e. The molecule has 1 fully saturated rings. The molecule has 0 unspecified atom stereocenters. The summed E-state index contributed by atoms with van der Waals surface area (Å²) in [5, 5.41) is 5.18. The summed E-state index contributed by atoms with van der Waals surface area (Å²) in [5.41, 5.74) is 1.92. The summed E-state index contributed by atoms with van der Waals surface area (Å²) in [4.78, 5) is 0. The van der Waals surface area contributed by atoms with E-state index < -0.39 is 0 Å². The lowest BCUT2D eigenvalue weighted by Crippen LogP contribution is -2.28. The number of methoxy groups -OCH3 is 1. The summed E-state index contributed by atoms with van der Waals surface area (Å²) in [5.74, 6) is 2.34. The van der Waals surface area contributed by atoms with Gasteiger partial charge in [0, 0.05) is 5.39 Å². The van der Waals surface area contributed by atoms with E-state index >= 15 is 0 Å². The van der Waals surface area contributed by atoms with Crippen molar-refractivity contribution in [1.29, 1.82) is 0 Å². The molecule has 1 aromatic carbocycles. The molecule has 0 aliphatic carbocycles. The number of nitrogens with one attached hydrogen (secondary N) is 1. The van der Waals surface area contributed by atoms with E-state index in [2.05, 4.69) is 5.32 Å². The van der Waals surface area contributed by atoms with E-state index in [1.165, 1.54) is 18.4 Å². The van der Waals surface area contributed by atoms with Crippen molar-refractivity contribution in [3.8, 4) is 5.75 Å². The zero-order chi connectivity index (χ0) is 14.1. The van der Waals surface area contributed by atoms with Crippen molar-refractivity contribution >= 4 is 22.6 Å². The number of piperidine rings is 1. The van der Waals surface area contributed by atoms with E-state index in [1.54, 1.807) is 7.11 Å². The maximum absolute atomic E-state index is 6.57. The third-order valence-corrected chi connectivity index (χ3v) is 4.54. The molecule has 0 radical (unpaired) electrons. The Hall–Kier alpha value is -1.19. The van der Waals surface area contributed by atoms with Crippen molar-refractivity contribution in [3.63, 3.8) is 0 Å². The van der Waals surface area contributed by atoms with Gasteiger partial charge in [0.15, 0.2) is 11.3 Å². The monoisotopic (exact) mass is 293 g/mol. The highest BCUT2D eigenvalue weighted by Gasteiger charge is 2.19. The predicted molar refractivity (Wildman–Crippen MR) is 81.8 cm³/mol. The maximum atomic E-state index is 6.57. The summed E-state index contributed by atoms with van der Waals surface area (Å²) in [6.45, 7) is 4.14. The molecule has 1 saturated heterocycles. The minimum atomic E-state index is 0.698. The highest BCUT2D eigenvalue weighted by Crippen LogP contribution is 2.38. The van der Waals surface area contributed by atoms with Crippen molar-refractivity contribution in [2.24, 2.45) is 5.92 Å². The van der Waals surface area contributed by atoms with Gasteiger partial charge >= 0.3 is 0 Å². The van der Waals surface area contributed by atoms with E-state index in [9.17, 15) is 0 Å². The Kier molecular flexibility index (Phi) is 3.90. The first-order valence-corrected chi connectivity index (χ1v) is 7.53. The zero-order valence-electron chi connectivity index (χ0n) is 12.0. The van der Waals surface area contributed by atoms with Crippen molar-refractivity contribution in [2.45, 2.75) is 26.2 Å². The molecular formula is C16H20ClNO2. The molecule has 0 bridgehead atoms. The van der Waals surface area contributed by atoms with Gasteiger partial charge < -0.3 is 14.5 Å². The van der Waals surface area contributed by atoms with Crippen LogP contribution >= 0.6 is 11.6 Å². The molecule has 3 nitrogen and oxygen atoms in total. The lowest BCUT2D eigenvalue weighted by atomic mass is 9.90. The molecule has 0 amide bonds. The lowest BCUT2D eigenvalue weighted by Gasteiger charge is -2.23. The molecule has 0 saturated carbocycles. The van der Waals surface area contributed by atoms with Crippen LogP contribution < -0.4 is 10.1 Å². The lowest BCUT2D eigenvalue weighted by molar-refractivity contribution is 0.371. The molecule has 20 heavy (non-hydrogen) atoms. The van der Waals surface area contributed by atoms with Crippen LogP contribution in [0.15, 0.2) is 16.5 Å². The van der Waals surface area contributed by atoms with Crippen LogP contribution in [0.3, 0.4) is 0 Å². The van der Waals surface area contributed by atoms with Crippen LogP contribution in [0.25, 0.3) is 11.0 Å². The van der Waals surface area contributed by atoms with Crippen LogP contribution in [0.1, 0.15) is 24.2 Å². The molecule has 0 spiro atoms. The van der Waals surface area contributed by atoms with E-state index in [-0.39, 0.29) is 0 Å². The summed E-state index contributed by atoms with van der Waals surface area (Å²) < 4.78 is 11.2. The van der Waals surface area contributed by atoms with Crippen molar-refractivity contribution in [3.05, 3.63) is 28.5 Å². The first kappa shape index (κ1) is 13.8. The molecule has 108 valence electrons. The first-order valence-electron chi connectivity index (χ1n) is 7.15. The van der Waals surface area contributed by atoms with E-state index in [0.29, 0.717) is 5.92 Å². The summed E-state index contributed by atoms with van der Waals surface area (Å²) in [6, 6.07) is 4.03. The number of ether oxygens (including phenoxy) is 1. The quantitative estimate of drug-likeness (QED) is 0.930. The zero-order valence-corrected chi connectivity index (χ0v) is 12.7. The molecule has 2 aromatic rings. The maximum Gasteiger partial charge on any atom is 0.177 e. The highest BCUT2D eigenvalue weighted by atomic mass is 35.5. The number of rotatable bonds is 3. The molecule has 1 N–H and O–H groups in total. The van der Waals surface area contributed by atoms with Crippen molar-refractivity contribution < 1.29 is 9.15 Å². The van der Waals surface area contributed by atoms with E-state index in [4.69, 9.17) is 20.8 Å². The van der Waals surface area contributed by atoms with Gasteiger partial charge in [0.05, 0.1) is 12.1 Å². The van der Waals surface area contributed by atoms with Crippen LogP contribution in [0.2, 0.25) is 5.02 Å². The van der Waals surface area contributed by atoms with Gasteiger partial charge in [-0.25, -0.2) is 0 Å². The Morgan fingerprint density at radius 2 is 2.10 bits per heavy atom. The summed E-state index contributed by atoms with van der Waals surface area (Å²) >= 11 is 6.57. The molecule has 1 aromatic heterocycles. The number of furan rings is 1. The second-order valence-electron chi connectivity index (χ2n) is 5.55. The van der Waals surface area contributed by atoms with Gasteiger partial charge in [-0.3, -0.25) is 0 Å². The smallest absolute Gasteiger partial charge is 0.177 e. The standard InChI is InChI=1S/C16H20ClNO2/c1-10-7-13-15(17)12(8-11-3-5-18-6-4-11)9-14(19-2)16(13)20-10/h7,9,11,18H,3-6,8H2,1-2H3. The Morgan fingerprint density at radius 3 is 2.80 bits per heavy atom. The fraction of sp³-hybridized carbons (Fsp3) is 0.500. The fourth-order valence-electron chi connectivity index (χ4n) is 3.02. The fourth-order valence-corrected chi connectivity index (χ4v) is 3.29. The number of benzene rings is 1. The molecule has 0 atom stereocenters. The van der Waals surface area contributed by atoms with E-state index in [0.717, 1.165) is 47.0 Å².